The molecule has 3 aromatic heterocycles. The second-order valence-electron chi connectivity index (χ2n) is 4.79. The average Bonchev–Trinajstić information content (AvgIpc) is 3.31. The third-order valence-electron chi connectivity index (χ3n) is 3.13. The number of nitrogens with one attached hydrogen (secondary N) is 1. The van der Waals surface area contributed by atoms with Crippen LogP contribution in [0.4, 0.5) is 0 Å². The highest BCUT2D eigenvalue weighted by Crippen LogP contribution is 2.25. The number of aliphatic hydroxyl groups is 1. The Bertz CT molecular complexity index is 772. The number of carbonyl (C=O) groups is 1. The highest BCUT2D eigenvalue weighted by Gasteiger charge is 2.14. The van der Waals surface area contributed by atoms with E-state index in [1.807, 2.05) is 17.5 Å². The van der Waals surface area contributed by atoms with E-state index in [1.165, 1.54) is 6.08 Å². The first kappa shape index (κ1) is 15.3. The van der Waals surface area contributed by atoms with E-state index in [-0.39, 0.29) is 12.5 Å². The first-order valence-electron chi connectivity index (χ1n) is 7.03. The van der Waals surface area contributed by atoms with E-state index in [0.717, 1.165) is 4.88 Å². The zero-order valence-electron chi connectivity index (χ0n) is 12.1. The van der Waals surface area contributed by atoms with Gasteiger partial charge >= 0.3 is 0 Å². The minimum atomic E-state index is -0.919. The van der Waals surface area contributed by atoms with Crippen LogP contribution in [0.1, 0.15) is 16.7 Å². The smallest absolute Gasteiger partial charge is 0.244 e. The highest BCUT2D eigenvalue weighted by molar-refractivity contribution is 7.10. The van der Waals surface area contributed by atoms with Crippen LogP contribution in [0.5, 0.6) is 0 Å². The first-order valence-corrected chi connectivity index (χ1v) is 7.91. The molecule has 0 aliphatic carbocycles. The van der Waals surface area contributed by atoms with Gasteiger partial charge in [-0.1, -0.05) is 6.07 Å². The van der Waals surface area contributed by atoms with E-state index >= 15 is 0 Å². The summed E-state index contributed by atoms with van der Waals surface area (Å²) in [6.07, 6.45) is 3.80. The Morgan fingerprint density at radius 3 is 2.91 bits per heavy atom. The molecule has 0 aliphatic heterocycles. The molecular formula is C17H15NO4S. The van der Waals surface area contributed by atoms with Crippen molar-refractivity contribution in [2.45, 2.75) is 6.10 Å². The number of furan rings is 2. The van der Waals surface area contributed by atoms with Crippen LogP contribution in [0.2, 0.25) is 0 Å². The first-order chi connectivity index (χ1) is 11.2. The summed E-state index contributed by atoms with van der Waals surface area (Å²) in [6.45, 7) is 0.0682. The number of aliphatic hydroxyl groups excluding tert-OH is 1. The molecule has 0 radical (unpaired) electrons. The summed E-state index contributed by atoms with van der Waals surface area (Å²) < 4.78 is 10.8. The quantitative estimate of drug-likeness (QED) is 0.679. The van der Waals surface area contributed by atoms with Crippen LogP contribution in [0.3, 0.4) is 0 Å². The molecule has 1 unspecified atom stereocenters. The van der Waals surface area contributed by atoms with Crippen LogP contribution in [0.15, 0.2) is 63.0 Å². The molecule has 23 heavy (non-hydrogen) atoms. The number of thiophene rings is 1. The summed E-state index contributed by atoms with van der Waals surface area (Å²) in [6, 6.07) is 10.7. The van der Waals surface area contributed by atoms with E-state index in [0.29, 0.717) is 17.3 Å². The molecule has 3 rings (SSSR count). The Hall–Kier alpha value is -2.57. The van der Waals surface area contributed by atoms with Crippen molar-refractivity contribution < 1.29 is 18.7 Å². The molecule has 0 fully saturated rings. The second kappa shape index (κ2) is 7.13. The van der Waals surface area contributed by atoms with Crippen molar-refractivity contribution in [2.75, 3.05) is 6.54 Å². The fraction of sp³-hybridized carbons (Fsp3) is 0.118. The Balaban J connectivity index is 1.53. The molecule has 1 atom stereocenters. The molecule has 0 spiro atoms. The summed E-state index contributed by atoms with van der Waals surface area (Å²) in [7, 11) is 0. The lowest BCUT2D eigenvalue weighted by atomic mass is 10.2. The van der Waals surface area contributed by atoms with Gasteiger partial charge in [-0.2, -0.15) is 0 Å². The summed E-state index contributed by atoms with van der Waals surface area (Å²) >= 11 is 1.55. The van der Waals surface area contributed by atoms with E-state index in [2.05, 4.69) is 5.32 Å². The van der Waals surface area contributed by atoms with Crippen molar-refractivity contribution in [2.24, 2.45) is 0 Å². The van der Waals surface area contributed by atoms with Crippen molar-refractivity contribution in [3.8, 4) is 11.5 Å². The van der Waals surface area contributed by atoms with Gasteiger partial charge in [0.15, 0.2) is 11.5 Å². The van der Waals surface area contributed by atoms with Crippen LogP contribution >= 0.6 is 11.3 Å². The van der Waals surface area contributed by atoms with Gasteiger partial charge in [0, 0.05) is 11.0 Å². The molecule has 0 aromatic carbocycles. The van der Waals surface area contributed by atoms with Crippen molar-refractivity contribution in [1.29, 1.82) is 0 Å². The van der Waals surface area contributed by atoms with Crippen LogP contribution in [-0.2, 0) is 4.79 Å². The summed E-state index contributed by atoms with van der Waals surface area (Å²) in [4.78, 5) is 12.7. The van der Waals surface area contributed by atoms with E-state index in [1.54, 1.807) is 47.9 Å². The lowest BCUT2D eigenvalue weighted by Gasteiger charge is -2.08. The van der Waals surface area contributed by atoms with Gasteiger partial charge in [-0.15, -0.1) is 11.3 Å². The zero-order chi connectivity index (χ0) is 16.1. The minimum Gasteiger partial charge on any atom is -0.461 e. The van der Waals surface area contributed by atoms with E-state index in [9.17, 15) is 9.90 Å². The number of hydrogen-bond acceptors (Lipinski definition) is 5. The highest BCUT2D eigenvalue weighted by atomic mass is 32.1. The van der Waals surface area contributed by atoms with Crippen molar-refractivity contribution >= 4 is 23.3 Å². The lowest BCUT2D eigenvalue weighted by molar-refractivity contribution is -0.116. The Kier molecular flexibility index (Phi) is 4.75. The Morgan fingerprint density at radius 2 is 2.17 bits per heavy atom. The van der Waals surface area contributed by atoms with Gasteiger partial charge in [0.1, 0.15) is 11.9 Å². The molecule has 118 valence electrons. The van der Waals surface area contributed by atoms with Crippen LogP contribution < -0.4 is 5.32 Å². The summed E-state index contributed by atoms with van der Waals surface area (Å²) in [5.74, 6) is 1.23. The molecule has 2 N–H and O–H groups in total. The maximum Gasteiger partial charge on any atom is 0.244 e. The maximum atomic E-state index is 11.7. The third kappa shape index (κ3) is 4.00. The van der Waals surface area contributed by atoms with Gasteiger partial charge < -0.3 is 19.3 Å². The fourth-order valence-electron chi connectivity index (χ4n) is 1.98. The molecule has 0 bridgehead atoms. The van der Waals surface area contributed by atoms with Gasteiger partial charge in [0.05, 0.1) is 12.8 Å². The van der Waals surface area contributed by atoms with Crippen LogP contribution in [-0.4, -0.2) is 17.6 Å². The average molecular weight is 329 g/mol. The SMILES string of the molecule is O=C(C=Cc1cccs1)NCC(O)c1ccc(-c2ccco2)o1. The van der Waals surface area contributed by atoms with Crippen LogP contribution in [0.25, 0.3) is 17.6 Å². The van der Waals surface area contributed by atoms with E-state index in [4.69, 9.17) is 8.83 Å². The molecule has 0 saturated carbocycles. The van der Waals surface area contributed by atoms with Gasteiger partial charge in [0.2, 0.25) is 5.91 Å². The fourth-order valence-corrected chi connectivity index (χ4v) is 2.60. The topological polar surface area (TPSA) is 75.6 Å². The van der Waals surface area contributed by atoms with Crippen molar-refractivity contribution in [3.63, 3.8) is 0 Å². The van der Waals surface area contributed by atoms with Crippen LogP contribution in [0, 0.1) is 0 Å². The van der Waals surface area contributed by atoms with Gasteiger partial charge in [-0.05, 0) is 41.8 Å². The molecule has 3 heterocycles. The summed E-state index contributed by atoms with van der Waals surface area (Å²) in [5.41, 5.74) is 0. The standard InChI is InChI=1S/C17H15NO4S/c19-13(11-18-17(20)8-5-12-3-2-10-23-12)14-6-7-16(22-14)15-4-1-9-21-15/h1-10,13,19H,11H2,(H,18,20). The number of carbonyl (C=O) groups excluding carboxylic acids is 1. The third-order valence-corrected chi connectivity index (χ3v) is 3.97. The van der Waals surface area contributed by atoms with E-state index < -0.39 is 6.10 Å². The van der Waals surface area contributed by atoms with Gasteiger partial charge in [0.25, 0.3) is 0 Å². The number of rotatable bonds is 6. The normalized spacial score (nSPS) is 12.6. The number of amides is 1. The second-order valence-corrected chi connectivity index (χ2v) is 5.77. The molecule has 0 aliphatic rings. The minimum absolute atomic E-state index is 0.0682. The Morgan fingerprint density at radius 1 is 1.26 bits per heavy atom. The molecule has 1 amide bonds. The monoisotopic (exact) mass is 329 g/mol. The predicted octanol–water partition coefficient (Wildman–Crippen LogP) is 3.46. The zero-order valence-corrected chi connectivity index (χ0v) is 13.0. The predicted molar refractivity (Wildman–Crippen MR) is 87.7 cm³/mol. The Labute approximate surface area is 136 Å². The molecule has 3 aromatic rings. The van der Waals surface area contributed by atoms with Gasteiger partial charge in [-0.3, -0.25) is 4.79 Å². The molecule has 0 saturated heterocycles. The maximum absolute atomic E-state index is 11.7. The van der Waals surface area contributed by atoms with Crippen molar-refractivity contribution in [3.05, 3.63) is 64.8 Å². The van der Waals surface area contributed by atoms with Gasteiger partial charge in [-0.25, -0.2) is 0 Å². The number of hydrogen-bond donors (Lipinski definition) is 2. The summed E-state index contributed by atoms with van der Waals surface area (Å²) in [5, 5.41) is 14.6. The molecule has 6 heteroatoms. The lowest BCUT2D eigenvalue weighted by Crippen LogP contribution is -2.26. The molecular weight excluding hydrogens is 314 g/mol. The largest absolute Gasteiger partial charge is 0.461 e. The molecule has 5 nitrogen and oxygen atoms in total. The van der Waals surface area contributed by atoms with Crippen molar-refractivity contribution in [1.82, 2.24) is 5.32 Å².